The average Bonchev–Trinajstić information content (AvgIpc) is 2.91. The van der Waals surface area contributed by atoms with Crippen LogP contribution in [0.3, 0.4) is 0 Å². The van der Waals surface area contributed by atoms with Crippen LogP contribution in [0.15, 0.2) is 54.6 Å². The molecule has 0 aliphatic carbocycles. The number of nitrogens with one attached hydrogen (secondary N) is 1. The van der Waals surface area contributed by atoms with Gasteiger partial charge in [0.25, 0.3) is 0 Å². The number of benzene rings is 2. The molecule has 0 amide bonds. The molecule has 0 aromatic heterocycles. The Kier molecular flexibility index (Phi) is 3.41. The molecular formula is C14H14BINO-. The van der Waals surface area contributed by atoms with Crippen LogP contribution in [0.1, 0.15) is 0 Å². The second-order valence-electron chi connectivity index (χ2n) is 4.57. The molecule has 2 aromatic carbocycles. The molecule has 4 heteroatoms. The molecule has 2 aromatic rings. The Morgan fingerprint density at radius 3 is 2.22 bits per heavy atom. The number of rotatable bonds is 2. The molecule has 1 aliphatic heterocycles. The van der Waals surface area contributed by atoms with Crippen molar-refractivity contribution in [1.29, 1.82) is 0 Å². The molecule has 1 saturated heterocycles. The Bertz CT molecular complexity index is 523. The molecule has 1 N–H and O–H groups in total. The SMILES string of the molecule is Ic1ccc([B-]2(c3ccccc3)NCCO2)cc1. The van der Waals surface area contributed by atoms with E-state index < -0.39 is 6.48 Å². The number of hydrogen-bond acceptors (Lipinski definition) is 2. The van der Waals surface area contributed by atoms with Gasteiger partial charge in [-0.05, 0) is 29.1 Å². The fourth-order valence-electron chi connectivity index (χ4n) is 2.64. The van der Waals surface area contributed by atoms with Gasteiger partial charge >= 0.3 is 0 Å². The second kappa shape index (κ2) is 5.03. The van der Waals surface area contributed by atoms with Crippen LogP contribution in [0.5, 0.6) is 0 Å². The van der Waals surface area contributed by atoms with Crippen LogP contribution in [-0.4, -0.2) is 19.6 Å². The maximum absolute atomic E-state index is 6.10. The Labute approximate surface area is 121 Å². The number of hydrogen-bond donors (Lipinski definition) is 1. The summed E-state index contributed by atoms with van der Waals surface area (Å²) in [6, 6.07) is 19.0. The van der Waals surface area contributed by atoms with Crippen molar-refractivity contribution in [2.24, 2.45) is 0 Å². The van der Waals surface area contributed by atoms with Crippen molar-refractivity contribution in [2.45, 2.75) is 0 Å². The van der Waals surface area contributed by atoms with Crippen LogP contribution >= 0.6 is 22.6 Å². The van der Waals surface area contributed by atoms with Gasteiger partial charge < -0.3 is 9.88 Å². The van der Waals surface area contributed by atoms with Crippen LogP contribution < -0.4 is 16.2 Å². The minimum absolute atomic E-state index is 0.765. The van der Waals surface area contributed by atoms with Crippen molar-refractivity contribution in [3.63, 3.8) is 0 Å². The highest BCUT2D eigenvalue weighted by molar-refractivity contribution is 14.1. The molecule has 0 spiro atoms. The highest BCUT2D eigenvalue weighted by atomic mass is 127. The zero-order chi connectivity index (χ0) is 12.4. The molecule has 0 saturated carbocycles. The lowest BCUT2D eigenvalue weighted by Crippen LogP contribution is -2.67. The van der Waals surface area contributed by atoms with Crippen LogP contribution in [0.4, 0.5) is 0 Å². The molecule has 1 aliphatic rings. The van der Waals surface area contributed by atoms with E-state index in [-0.39, 0.29) is 0 Å². The molecule has 2 nitrogen and oxygen atoms in total. The summed E-state index contributed by atoms with van der Waals surface area (Å²) in [4.78, 5) is 0. The van der Waals surface area contributed by atoms with Crippen molar-refractivity contribution in [3.8, 4) is 0 Å². The van der Waals surface area contributed by atoms with E-state index in [4.69, 9.17) is 4.65 Å². The fraction of sp³-hybridized carbons (Fsp3) is 0.143. The van der Waals surface area contributed by atoms with Crippen molar-refractivity contribution >= 4 is 40.0 Å². The lowest BCUT2D eigenvalue weighted by Gasteiger charge is -2.37. The maximum atomic E-state index is 6.10. The molecule has 92 valence electrons. The molecule has 3 rings (SSSR count). The van der Waals surface area contributed by atoms with Crippen molar-refractivity contribution in [2.75, 3.05) is 13.2 Å². The van der Waals surface area contributed by atoms with Gasteiger partial charge in [-0.25, -0.2) is 0 Å². The summed E-state index contributed by atoms with van der Waals surface area (Å²) < 4.78 is 7.35. The smallest absolute Gasteiger partial charge is 0.239 e. The minimum atomic E-state index is -1.24. The maximum Gasteiger partial charge on any atom is 0.239 e. The molecule has 0 bridgehead atoms. The predicted octanol–water partition coefficient (Wildman–Crippen LogP) is 1.47. The molecule has 1 fully saturated rings. The zero-order valence-electron chi connectivity index (χ0n) is 9.97. The third-order valence-corrected chi connectivity index (χ3v) is 4.23. The Hall–Kier alpha value is -0.845. The fourth-order valence-corrected chi connectivity index (χ4v) is 2.99. The van der Waals surface area contributed by atoms with Crippen LogP contribution in [-0.2, 0) is 4.65 Å². The third-order valence-electron chi connectivity index (χ3n) is 3.51. The van der Waals surface area contributed by atoms with Gasteiger partial charge in [-0.1, -0.05) is 54.6 Å². The van der Waals surface area contributed by atoms with Gasteiger partial charge in [0.05, 0.1) is 0 Å². The van der Waals surface area contributed by atoms with Gasteiger partial charge in [-0.2, -0.15) is 10.9 Å². The van der Waals surface area contributed by atoms with E-state index in [1.54, 1.807) is 0 Å². The highest BCUT2D eigenvalue weighted by Gasteiger charge is 2.32. The minimum Gasteiger partial charge on any atom is -0.570 e. The first-order valence-corrected chi connectivity index (χ1v) is 7.24. The summed E-state index contributed by atoms with van der Waals surface area (Å²) in [5, 5.41) is 3.56. The van der Waals surface area contributed by atoms with E-state index in [1.165, 1.54) is 14.5 Å². The van der Waals surface area contributed by atoms with Gasteiger partial charge in [0.15, 0.2) is 0 Å². The molecular weight excluding hydrogens is 336 g/mol. The van der Waals surface area contributed by atoms with E-state index in [9.17, 15) is 0 Å². The standard InChI is InChI=1S/C14H14BINO/c16-14-8-6-13(7-9-14)15(17-10-11-18-15)12-4-2-1-3-5-12/h1-9,17H,10-11H2/q-1. The van der Waals surface area contributed by atoms with Gasteiger partial charge in [0.1, 0.15) is 0 Å². The summed E-state index contributed by atoms with van der Waals surface area (Å²) in [6.45, 7) is 0.432. The van der Waals surface area contributed by atoms with Gasteiger partial charge in [0, 0.05) is 10.2 Å². The molecule has 1 unspecified atom stereocenters. The van der Waals surface area contributed by atoms with Crippen molar-refractivity contribution in [1.82, 2.24) is 5.23 Å². The summed E-state index contributed by atoms with van der Waals surface area (Å²) in [7, 11) is 0. The predicted molar refractivity (Wildman–Crippen MR) is 84.6 cm³/mol. The molecule has 1 atom stereocenters. The first-order chi connectivity index (χ1) is 8.81. The van der Waals surface area contributed by atoms with E-state index in [0.29, 0.717) is 0 Å². The molecule has 1 heterocycles. The van der Waals surface area contributed by atoms with Crippen molar-refractivity contribution < 1.29 is 4.65 Å². The summed E-state index contributed by atoms with van der Waals surface area (Å²) in [5.74, 6) is 0. The van der Waals surface area contributed by atoms with Gasteiger partial charge in [-0.3, -0.25) is 0 Å². The largest absolute Gasteiger partial charge is 0.570 e. The molecule has 0 radical (unpaired) electrons. The monoisotopic (exact) mass is 350 g/mol. The number of halogens is 1. The van der Waals surface area contributed by atoms with Crippen LogP contribution in [0.25, 0.3) is 0 Å². The lowest BCUT2D eigenvalue weighted by molar-refractivity contribution is 0.367. The second-order valence-corrected chi connectivity index (χ2v) is 5.82. The van der Waals surface area contributed by atoms with E-state index >= 15 is 0 Å². The molecule has 18 heavy (non-hydrogen) atoms. The normalized spacial score (nSPS) is 23.2. The summed E-state index contributed by atoms with van der Waals surface area (Å²) >= 11 is 2.32. The quantitative estimate of drug-likeness (QED) is 0.655. The lowest BCUT2D eigenvalue weighted by atomic mass is 9.42. The summed E-state index contributed by atoms with van der Waals surface area (Å²) in [5.41, 5.74) is 2.44. The van der Waals surface area contributed by atoms with Crippen molar-refractivity contribution in [3.05, 3.63) is 58.2 Å². The first kappa shape index (κ1) is 12.2. The van der Waals surface area contributed by atoms with E-state index in [1.807, 2.05) is 6.07 Å². The Morgan fingerprint density at radius 2 is 1.61 bits per heavy atom. The third kappa shape index (κ3) is 2.09. The first-order valence-electron chi connectivity index (χ1n) is 6.16. The summed E-state index contributed by atoms with van der Waals surface area (Å²) in [6.07, 6.45) is 0. The Morgan fingerprint density at radius 1 is 0.944 bits per heavy atom. The zero-order valence-corrected chi connectivity index (χ0v) is 12.1. The van der Waals surface area contributed by atoms with E-state index in [0.717, 1.165) is 13.2 Å². The van der Waals surface area contributed by atoms with Gasteiger partial charge in [0.2, 0.25) is 6.48 Å². The topological polar surface area (TPSA) is 21.3 Å². The average molecular weight is 350 g/mol. The highest BCUT2D eigenvalue weighted by Crippen LogP contribution is 2.10. The van der Waals surface area contributed by atoms with Crippen LogP contribution in [0.2, 0.25) is 0 Å². The van der Waals surface area contributed by atoms with Crippen LogP contribution in [0, 0.1) is 3.57 Å². The van der Waals surface area contributed by atoms with Gasteiger partial charge in [-0.15, -0.1) is 0 Å². The van der Waals surface area contributed by atoms with E-state index in [2.05, 4.69) is 76.3 Å². The Balaban J connectivity index is 2.10.